The number of amides is 1. The zero-order valence-electron chi connectivity index (χ0n) is 11.1. The number of aryl methyl sites for hydroxylation is 1. The van der Waals surface area contributed by atoms with Crippen LogP contribution in [0, 0.1) is 12.7 Å². The molecule has 0 aliphatic heterocycles. The zero-order valence-corrected chi connectivity index (χ0v) is 13.5. The van der Waals surface area contributed by atoms with Crippen molar-refractivity contribution in [3.8, 4) is 0 Å². The Labute approximate surface area is 135 Å². The van der Waals surface area contributed by atoms with Crippen LogP contribution in [0.4, 0.5) is 10.1 Å². The van der Waals surface area contributed by atoms with Crippen molar-refractivity contribution in [2.75, 3.05) is 5.32 Å². The Morgan fingerprint density at radius 1 is 1.29 bits per heavy atom. The maximum atomic E-state index is 13.2. The number of hydrogen-bond acceptors (Lipinski definition) is 2. The van der Waals surface area contributed by atoms with Crippen LogP contribution in [0.3, 0.4) is 0 Å². The van der Waals surface area contributed by atoms with E-state index in [1.54, 1.807) is 25.1 Å². The standard InChI is InChI=1S/C15H12BrFN2OS/c1-8-6-9(2-5-12(8)17)15(20)19-13-7-10(16)3-4-11(13)14(18)21/h2-7H,1H3,(H2,18,21)(H,19,20). The summed E-state index contributed by atoms with van der Waals surface area (Å²) in [7, 11) is 0. The zero-order chi connectivity index (χ0) is 15.6. The molecule has 6 heteroatoms. The number of anilines is 1. The lowest BCUT2D eigenvalue weighted by molar-refractivity contribution is 0.102. The highest BCUT2D eigenvalue weighted by Crippen LogP contribution is 2.22. The summed E-state index contributed by atoms with van der Waals surface area (Å²) in [6, 6.07) is 9.39. The van der Waals surface area contributed by atoms with Crippen LogP contribution >= 0.6 is 28.1 Å². The Kier molecular flexibility index (Phi) is 4.69. The van der Waals surface area contributed by atoms with Gasteiger partial charge < -0.3 is 11.1 Å². The van der Waals surface area contributed by atoms with Crippen molar-refractivity contribution in [2.45, 2.75) is 6.92 Å². The van der Waals surface area contributed by atoms with Gasteiger partial charge in [0.2, 0.25) is 0 Å². The molecule has 2 aromatic carbocycles. The lowest BCUT2D eigenvalue weighted by Crippen LogP contribution is -2.17. The minimum absolute atomic E-state index is 0.188. The summed E-state index contributed by atoms with van der Waals surface area (Å²) in [6.07, 6.45) is 0. The second-order valence-corrected chi connectivity index (χ2v) is 5.83. The first-order valence-electron chi connectivity index (χ1n) is 6.05. The summed E-state index contributed by atoms with van der Waals surface area (Å²) in [5, 5.41) is 2.74. The number of halogens is 2. The first-order valence-corrected chi connectivity index (χ1v) is 7.25. The molecule has 0 saturated carbocycles. The van der Waals surface area contributed by atoms with Crippen molar-refractivity contribution in [1.29, 1.82) is 0 Å². The average Bonchev–Trinajstić information content (AvgIpc) is 2.41. The first-order chi connectivity index (χ1) is 9.88. The second kappa shape index (κ2) is 6.32. The topological polar surface area (TPSA) is 55.1 Å². The summed E-state index contributed by atoms with van der Waals surface area (Å²) in [6.45, 7) is 1.60. The average molecular weight is 367 g/mol. The van der Waals surface area contributed by atoms with E-state index in [-0.39, 0.29) is 16.7 Å². The minimum Gasteiger partial charge on any atom is -0.389 e. The molecule has 0 unspecified atom stereocenters. The number of carbonyl (C=O) groups is 1. The van der Waals surface area contributed by atoms with Gasteiger partial charge in [-0.15, -0.1) is 0 Å². The van der Waals surface area contributed by atoms with Crippen LogP contribution in [0.5, 0.6) is 0 Å². The van der Waals surface area contributed by atoms with Gasteiger partial charge in [0.15, 0.2) is 0 Å². The smallest absolute Gasteiger partial charge is 0.255 e. The van der Waals surface area contributed by atoms with Gasteiger partial charge in [-0.2, -0.15) is 0 Å². The number of carbonyl (C=O) groups excluding carboxylic acids is 1. The molecule has 2 rings (SSSR count). The van der Waals surface area contributed by atoms with Gasteiger partial charge in [0.1, 0.15) is 10.8 Å². The van der Waals surface area contributed by atoms with Crippen molar-refractivity contribution < 1.29 is 9.18 Å². The monoisotopic (exact) mass is 366 g/mol. The van der Waals surface area contributed by atoms with Gasteiger partial charge in [0.25, 0.3) is 5.91 Å². The third-order valence-electron chi connectivity index (χ3n) is 2.92. The van der Waals surface area contributed by atoms with Crippen molar-refractivity contribution in [3.63, 3.8) is 0 Å². The summed E-state index contributed by atoms with van der Waals surface area (Å²) < 4.78 is 14.0. The summed E-state index contributed by atoms with van der Waals surface area (Å²) >= 11 is 8.29. The van der Waals surface area contributed by atoms with E-state index >= 15 is 0 Å². The maximum Gasteiger partial charge on any atom is 0.255 e. The molecule has 2 aromatic rings. The molecule has 21 heavy (non-hydrogen) atoms. The first kappa shape index (κ1) is 15.6. The van der Waals surface area contributed by atoms with E-state index in [9.17, 15) is 9.18 Å². The molecule has 3 N–H and O–H groups in total. The lowest BCUT2D eigenvalue weighted by Gasteiger charge is -2.11. The van der Waals surface area contributed by atoms with Crippen molar-refractivity contribution in [3.05, 3.63) is 63.4 Å². The molecular weight excluding hydrogens is 355 g/mol. The van der Waals surface area contributed by atoms with E-state index in [0.29, 0.717) is 22.4 Å². The van der Waals surface area contributed by atoms with Crippen molar-refractivity contribution >= 4 is 44.7 Å². The van der Waals surface area contributed by atoms with Gasteiger partial charge in [0, 0.05) is 15.6 Å². The van der Waals surface area contributed by atoms with Crippen LogP contribution in [0.2, 0.25) is 0 Å². The number of rotatable bonds is 3. The van der Waals surface area contributed by atoms with E-state index in [1.807, 2.05) is 0 Å². The van der Waals surface area contributed by atoms with Gasteiger partial charge in [-0.3, -0.25) is 4.79 Å². The number of hydrogen-bond donors (Lipinski definition) is 2. The minimum atomic E-state index is -0.353. The normalized spacial score (nSPS) is 10.2. The van der Waals surface area contributed by atoms with Crippen LogP contribution in [0.1, 0.15) is 21.5 Å². The van der Waals surface area contributed by atoms with Gasteiger partial charge in [-0.05, 0) is 48.9 Å². The maximum absolute atomic E-state index is 13.2. The molecule has 1 amide bonds. The summed E-state index contributed by atoms with van der Waals surface area (Å²) in [5.74, 6) is -0.702. The van der Waals surface area contributed by atoms with Gasteiger partial charge in [0.05, 0.1) is 5.69 Å². The van der Waals surface area contributed by atoms with Crippen LogP contribution in [-0.4, -0.2) is 10.9 Å². The van der Waals surface area contributed by atoms with Crippen molar-refractivity contribution in [2.24, 2.45) is 5.73 Å². The second-order valence-electron chi connectivity index (χ2n) is 4.47. The number of thiocarbonyl (C=S) groups is 1. The van der Waals surface area contributed by atoms with Crippen molar-refractivity contribution in [1.82, 2.24) is 0 Å². The van der Waals surface area contributed by atoms with Crippen LogP contribution in [0.25, 0.3) is 0 Å². The van der Waals surface area contributed by atoms with E-state index in [0.717, 1.165) is 4.47 Å². The Bertz CT molecular complexity index is 734. The van der Waals surface area contributed by atoms with E-state index < -0.39 is 0 Å². The van der Waals surface area contributed by atoms with Gasteiger partial charge in [-0.25, -0.2) is 4.39 Å². The summed E-state index contributed by atoms with van der Waals surface area (Å²) in [4.78, 5) is 12.4. The molecule has 0 aliphatic carbocycles. The van der Waals surface area contributed by atoms with Crippen LogP contribution in [-0.2, 0) is 0 Å². The Morgan fingerprint density at radius 2 is 2.00 bits per heavy atom. The molecule has 0 saturated heterocycles. The Balaban J connectivity index is 2.33. The van der Waals surface area contributed by atoms with Gasteiger partial charge in [-0.1, -0.05) is 28.1 Å². The molecule has 0 bridgehead atoms. The molecule has 3 nitrogen and oxygen atoms in total. The van der Waals surface area contributed by atoms with Gasteiger partial charge >= 0.3 is 0 Å². The largest absolute Gasteiger partial charge is 0.389 e. The molecule has 0 aromatic heterocycles. The fourth-order valence-corrected chi connectivity index (χ4v) is 2.35. The molecule has 0 radical (unpaired) electrons. The van der Waals surface area contributed by atoms with E-state index in [4.69, 9.17) is 18.0 Å². The van der Waals surface area contributed by atoms with E-state index in [1.165, 1.54) is 18.2 Å². The molecule has 108 valence electrons. The fourth-order valence-electron chi connectivity index (χ4n) is 1.82. The predicted octanol–water partition coefficient (Wildman–Crippen LogP) is 3.78. The SMILES string of the molecule is Cc1cc(C(=O)Nc2cc(Br)ccc2C(N)=S)ccc1F. The molecule has 0 aliphatic rings. The molecule has 0 spiro atoms. The molecule has 0 heterocycles. The Hall–Kier alpha value is -1.79. The highest BCUT2D eigenvalue weighted by molar-refractivity contribution is 9.10. The van der Waals surface area contributed by atoms with Crippen LogP contribution < -0.4 is 11.1 Å². The third kappa shape index (κ3) is 3.65. The Morgan fingerprint density at radius 3 is 2.62 bits per heavy atom. The molecule has 0 fully saturated rings. The number of benzene rings is 2. The fraction of sp³-hybridized carbons (Fsp3) is 0.0667. The third-order valence-corrected chi connectivity index (χ3v) is 3.63. The lowest BCUT2D eigenvalue weighted by atomic mass is 10.1. The number of nitrogens with one attached hydrogen (secondary N) is 1. The molecular formula is C15H12BrFN2OS. The van der Waals surface area contributed by atoms with Crippen LogP contribution in [0.15, 0.2) is 40.9 Å². The highest BCUT2D eigenvalue weighted by atomic mass is 79.9. The highest BCUT2D eigenvalue weighted by Gasteiger charge is 2.12. The molecule has 0 atom stereocenters. The summed E-state index contributed by atoms with van der Waals surface area (Å²) in [5.41, 5.74) is 7.48. The predicted molar refractivity (Wildman–Crippen MR) is 89.1 cm³/mol. The van der Waals surface area contributed by atoms with E-state index in [2.05, 4.69) is 21.2 Å². The quantitative estimate of drug-likeness (QED) is 0.812. The number of nitrogens with two attached hydrogens (primary N) is 1.